The predicted molar refractivity (Wildman–Crippen MR) is 129 cm³/mol. The highest BCUT2D eigenvalue weighted by Gasteiger charge is 2.28. The molecule has 0 spiro atoms. The molecule has 1 aliphatic rings. The summed E-state index contributed by atoms with van der Waals surface area (Å²) >= 11 is 0. The molecule has 168 valence electrons. The van der Waals surface area contributed by atoms with Gasteiger partial charge >= 0.3 is 0 Å². The number of nitrogens with one attached hydrogen (secondary N) is 1. The maximum absolute atomic E-state index is 12.9. The minimum atomic E-state index is -0.0688. The summed E-state index contributed by atoms with van der Waals surface area (Å²) in [6.07, 6.45) is 5.37. The van der Waals surface area contributed by atoms with Gasteiger partial charge in [-0.15, -0.1) is 5.10 Å². The van der Waals surface area contributed by atoms with E-state index in [-0.39, 0.29) is 11.8 Å². The smallest absolute Gasteiger partial charge is 0.225 e. The molecule has 2 aromatic carbocycles. The highest BCUT2D eigenvalue weighted by Crippen LogP contribution is 2.28. The lowest BCUT2D eigenvalue weighted by Gasteiger charge is -2.33. The first kappa shape index (κ1) is 21.1. The molecule has 1 fully saturated rings. The van der Waals surface area contributed by atoms with Crippen LogP contribution in [0.15, 0.2) is 61.1 Å². The van der Waals surface area contributed by atoms with Gasteiger partial charge in [-0.3, -0.25) is 4.79 Å². The van der Waals surface area contributed by atoms with Gasteiger partial charge in [0.05, 0.1) is 17.0 Å². The average Bonchev–Trinajstić information content (AvgIpc) is 3.27. The van der Waals surface area contributed by atoms with Crippen LogP contribution in [0, 0.1) is 19.8 Å². The molecule has 33 heavy (non-hydrogen) atoms. The SMILES string of the molecule is Cc1ccc(-n2cc3c(N4CCC[C@@H](C(=O)NCc5cccc(C)c5)C4)ncnc3n2)cc1. The second-order valence-electron chi connectivity index (χ2n) is 8.84. The molecule has 3 heterocycles. The molecule has 7 heteroatoms. The number of anilines is 1. The Morgan fingerprint density at radius 2 is 1.94 bits per heavy atom. The van der Waals surface area contributed by atoms with Crippen molar-refractivity contribution >= 4 is 22.8 Å². The minimum absolute atomic E-state index is 0.0688. The van der Waals surface area contributed by atoms with E-state index in [9.17, 15) is 4.79 Å². The summed E-state index contributed by atoms with van der Waals surface area (Å²) in [5.41, 5.74) is 5.17. The fraction of sp³-hybridized carbons (Fsp3) is 0.308. The van der Waals surface area contributed by atoms with Crippen LogP contribution in [0.2, 0.25) is 0 Å². The number of carbonyl (C=O) groups excluding carboxylic acids is 1. The van der Waals surface area contributed by atoms with E-state index in [1.165, 1.54) is 11.1 Å². The van der Waals surface area contributed by atoms with Crippen molar-refractivity contribution in [2.24, 2.45) is 5.92 Å². The minimum Gasteiger partial charge on any atom is -0.355 e. The second-order valence-corrected chi connectivity index (χ2v) is 8.84. The predicted octanol–water partition coefficient (Wildman–Crippen LogP) is 3.97. The zero-order valence-corrected chi connectivity index (χ0v) is 19.0. The Labute approximate surface area is 193 Å². The molecule has 0 unspecified atom stereocenters. The Kier molecular flexibility index (Phi) is 5.77. The number of aryl methyl sites for hydroxylation is 2. The van der Waals surface area contributed by atoms with Crippen LogP contribution in [0.3, 0.4) is 0 Å². The van der Waals surface area contributed by atoms with E-state index in [0.29, 0.717) is 18.7 Å². The number of hydrogen-bond acceptors (Lipinski definition) is 5. The van der Waals surface area contributed by atoms with Crippen LogP contribution in [0.4, 0.5) is 5.82 Å². The topological polar surface area (TPSA) is 75.9 Å². The lowest BCUT2D eigenvalue weighted by Crippen LogP contribution is -2.43. The van der Waals surface area contributed by atoms with E-state index in [1.807, 2.05) is 35.1 Å². The van der Waals surface area contributed by atoms with Crippen LogP contribution in [0.1, 0.15) is 29.5 Å². The van der Waals surface area contributed by atoms with Gasteiger partial charge in [-0.1, -0.05) is 47.5 Å². The molecular formula is C26H28N6O. The van der Waals surface area contributed by atoms with Crippen molar-refractivity contribution in [3.05, 3.63) is 77.7 Å². The fourth-order valence-electron chi connectivity index (χ4n) is 4.45. The summed E-state index contributed by atoms with van der Waals surface area (Å²) in [7, 11) is 0. The number of aromatic nitrogens is 4. The molecule has 0 radical (unpaired) electrons. The molecule has 4 aromatic rings. The zero-order chi connectivity index (χ0) is 22.8. The lowest BCUT2D eigenvalue weighted by atomic mass is 9.97. The first-order chi connectivity index (χ1) is 16.1. The fourth-order valence-corrected chi connectivity index (χ4v) is 4.45. The largest absolute Gasteiger partial charge is 0.355 e. The van der Waals surface area contributed by atoms with Crippen LogP contribution in [0.5, 0.6) is 0 Å². The molecule has 1 amide bonds. The third-order valence-electron chi connectivity index (χ3n) is 6.24. The molecule has 7 nitrogen and oxygen atoms in total. The summed E-state index contributed by atoms with van der Waals surface area (Å²) < 4.78 is 1.85. The molecule has 0 saturated carbocycles. The van der Waals surface area contributed by atoms with Gasteiger partial charge in [0.1, 0.15) is 12.1 Å². The summed E-state index contributed by atoms with van der Waals surface area (Å²) in [6.45, 7) is 6.19. The normalized spacial score (nSPS) is 16.2. The Hall–Kier alpha value is -3.74. The molecule has 5 rings (SSSR count). The van der Waals surface area contributed by atoms with Gasteiger partial charge in [0.15, 0.2) is 5.65 Å². The van der Waals surface area contributed by atoms with Gasteiger partial charge in [0.2, 0.25) is 5.91 Å². The van der Waals surface area contributed by atoms with Crippen LogP contribution in [-0.2, 0) is 11.3 Å². The highest BCUT2D eigenvalue weighted by atomic mass is 16.1. The van der Waals surface area contributed by atoms with E-state index < -0.39 is 0 Å². The monoisotopic (exact) mass is 440 g/mol. The van der Waals surface area contributed by atoms with Crippen LogP contribution >= 0.6 is 0 Å². The number of piperidine rings is 1. The number of carbonyl (C=O) groups is 1. The summed E-state index contributed by atoms with van der Waals surface area (Å²) in [6, 6.07) is 16.5. The quantitative estimate of drug-likeness (QED) is 0.508. The van der Waals surface area contributed by atoms with Gasteiger partial charge in [0, 0.05) is 25.8 Å². The molecule has 1 N–H and O–H groups in total. The molecule has 1 aliphatic heterocycles. The second kappa shape index (κ2) is 9.02. The van der Waals surface area contributed by atoms with Gasteiger partial charge < -0.3 is 10.2 Å². The Bertz CT molecular complexity index is 1280. The molecule has 1 atom stereocenters. The number of amides is 1. The number of benzene rings is 2. The maximum atomic E-state index is 12.9. The van der Waals surface area contributed by atoms with Crippen LogP contribution in [0.25, 0.3) is 16.7 Å². The van der Waals surface area contributed by atoms with Crippen LogP contribution < -0.4 is 10.2 Å². The Balaban J connectivity index is 1.33. The first-order valence-corrected chi connectivity index (χ1v) is 11.4. The van der Waals surface area contributed by atoms with E-state index in [1.54, 1.807) is 6.33 Å². The van der Waals surface area contributed by atoms with Crippen molar-refractivity contribution < 1.29 is 4.79 Å². The Morgan fingerprint density at radius 1 is 1.09 bits per heavy atom. The summed E-state index contributed by atoms with van der Waals surface area (Å²) in [5.74, 6) is 0.872. The highest BCUT2D eigenvalue weighted by molar-refractivity contribution is 5.87. The average molecular weight is 441 g/mol. The van der Waals surface area contributed by atoms with Crippen molar-refractivity contribution in [3.8, 4) is 5.69 Å². The van der Waals surface area contributed by atoms with E-state index >= 15 is 0 Å². The van der Waals surface area contributed by atoms with E-state index in [0.717, 1.165) is 41.8 Å². The Morgan fingerprint density at radius 3 is 2.76 bits per heavy atom. The van der Waals surface area contributed by atoms with E-state index in [2.05, 4.69) is 63.4 Å². The number of nitrogens with zero attached hydrogens (tertiary/aromatic N) is 5. The molecular weight excluding hydrogens is 412 g/mol. The van der Waals surface area contributed by atoms with E-state index in [4.69, 9.17) is 0 Å². The van der Waals surface area contributed by atoms with Gasteiger partial charge in [-0.05, 0) is 44.4 Å². The van der Waals surface area contributed by atoms with Crippen LogP contribution in [-0.4, -0.2) is 38.7 Å². The van der Waals surface area contributed by atoms with Crippen molar-refractivity contribution in [1.82, 2.24) is 25.1 Å². The number of rotatable bonds is 5. The maximum Gasteiger partial charge on any atom is 0.225 e. The lowest BCUT2D eigenvalue weighted by molar-refractivity contribution is -0.125. The molecule has 2 aromatic heterocycles. The van der Waals surface area contributed by atoms with Crippen molar-refractivity contribution in [3.63, 3.8) is 0 Å². The van der Waals surface area contributed by atoms with Crippen molar-refractivity contribution in [1.29, 1.82) is 0 Å². The zero-order valence-electron chi connectivity index (χ0n) is 19.0. The van der Waals surface area contributed by atoms with Crippen molar-refractivity contribution in [2.75, 3.05) is 18.0 Å². The van der Waals surface area contributed by atoms with Gasteiger partial charge in [-0.25, -0.2) is 14.6 Å². The van der Waals surface area contributed by atoms with Gasteiger partial charge in [0.25, 0.3) is 0 Å². The first-order valence-electron chi connectivity index (χ1n) is 11.4. The number of hydrogen-bond donors (Lipinski definition) is 1. The molecule has 0 aliphatic carbocycles. The molecule has 0 bridgehead atoms. The van der Waals surface area contributed by atoms with Gasteiger partial charge in [-0.2, -0.15) is 0 Å². The third kappa shape index (κ3) is 4.58. The third-order valence-corrected chi connectivity index (χ3v) is 6.24. The number of fused-ring (bicyclic) bond motifs is 1. The summed E-state index contributed by atoms with van der Waals surface area (Å²) in [5, 5.41) is 8.67. The standard InChI is InChI=1S/C26H28N6O/c1-18-8-10-22(11-9-18)32-16-23-24(30-32)28-17-29-25(23)31-12-4-7-21(15-31)26(33)27-14-20-6-3-5-19(2)13-20/h3,5-6,8-11,13,16-17,21H,4,7,12,14-15H2,1-2H3,(H,27,33)/t21-/m1/s1. The van der Waals surface area contributed by atoms with Crippen molar-refractivity contribution in [2.45, 2.75) is 33.2 Å². The summed E-state index contributed by atoms with van der Waals surface area (Å²) in [4.78, 5) is 24.1. The molecule has 1 saturated heterocycles.